The predicted molar refractivity (Wildman–Crippen MR) is 105 cm³/mol. The van der Waals surface area contributed by atoms with Crippen LogP contribution in [-0.4, -0.2) is 40.3 Å². The number of carbonyl (C=O) groups is 3. The summed E-state index contributed by atoms with van der Waals surface area (Å²) in [7, 11) is 0. The fourth-order valence-electron chi connectivity index (χ4n) is 3.17. The predicted octanol–water partition coefficient (Wildman–Crippen LogP) is 2.39. The molecule has 1 atom stereocenters. The number of hydrogen-bond donors (Lipinski definition) is 2. The molecule has 2 N–H and O–H groups in total. The van der Waals surface area contributed by atoms with Crippen molar-refractivity contribution in [3.63, 3.8) is 0 Å². The normalized spacial score (nSPS) is 15.9. The number of nitro groups is 1. The van der Waals surface area contributed by atoms with Crippen molar-refractivity contribution in [1.29, 1.82) is 0 Å². The van der Waals surface area contributed by atoms with E-state index >= 15 is 0 Å². The topological polar surface area (TPSA) is 122 Å². The highest BCUT2D eigenvalue weighted by Gasteiger charge is 2.38. The van der Waals surface area contributed by atoms with Crippen LogP contribution in [0.15, 0.2) is 48.5 Å². The van der Waals surface area contributed by atoms with Crippen LogP contribution in [0.4, 0.5) is 16.2 Å². The first-order valence-corrected chi connectivity index (χ1v) is 9.06. The summed E-state index contributed by atoms with van der Waals surface area (Å²) in [6, 6.07) is 12.6. The van der Waals surface area contributed by atoms with Gasteiger partial charge in [0.05, 0.1) is 4.92 Å². The highest BCUT2D eigenvalue weighted by Crippen LogP contribution is 2.27. The van der Waals surface area contributed by atoms with Gasteiger partial charge in [-0.3, -0.25) is 24.6 Å². The van der Waals surface area contributed by atoms with Crippen molar-refractivity contribution < 1.29 is 19.3 Å². The van der Waals surface area contributed by atoms with Crippen molar-refractivity contribution >= 4 is 29.2 Å². The van der Waals surface area contributed by atoms with Crippen molar-refractivity contribution in [2.24, 2.45) is 0 Å². The zero-order chi connectivity index (χ0) is 21.0. The molecule has 1 saturated heterocycles. The molecule has 0 bridgehead atoms. The minimum atomic E-state index is -0.705. The summed E-state index contributed by atoms with van der Waals surface area (Å²) in [6.45, 7) is 1.11. The SMILES string of the molecule is Cc1cccc([N+](=O)[O-])c1NC(=O)CN1C(=O)N[C@H](CCc2ccccc2)C1=O. The Balaban J connectivity index is 1.63. The van der Waals surface area contributed by atoms with Crippen LogP contribution in [0.2, 0.25) is 0 Å². The average molecular weight is 396 g/mol. The fraction of sp³-hybridized carbons (Fsp3) is 0.250. The maximum absolute atomic E-state index is 12.5. The van der Waals surface area contributed by atoms with Gasteiger partial charge >= 0.3 is 6.03 Å². The first kappa shape index (κ1) is 20.0. The standard InChI is InChI=1S/C20H20N4O5/c1-13-6-5-9-16(24(28)29)18(13)22-17(25)12-23-19(26)15(21-20(23)27)11-10-14-7-3-2-4-8-14/h2-9,15H,10-12H2,1H3,(H,21,27)(H,22,25)/t15-/m1/s1. The number of nitro benzene ring substituents is 1. The van der Waals surface area contributed by atoms with Crippen LogP contribution in [0, 0.1) is 17.0 Å². The molecule has 1 aliphatic heterocycles. The third kappa shape index (κ3) is 4.57. The van der Waals surface area contributed by atoms with E-state index < -0.39 is 35.4 Å². The fourth-order valence-corrected chi connectivity index (χ4v) is 3.17. The van der Waals surface area contributed by atoms with Crippen LogP contribution in [0.25, 0.3) is 0 Å². The Morgan fingerprint density at radius 3 is 2.59 bits per heavy atom. The van der Waals surface area contributed by atoms with Gasteiger partial charge in [0.1, 0.15) is 18.3 Å². The zero-order valence-corrected chi connectivity index (χ0v) is 15.8. The number of aryl methyl sites for hydroxylation is 2. The number of amides is 4. The van der Waals surface area contributed by atoms with Gasteiger partial charge in [0.2, 0.25) is 5.91 Å². The minimum Gasteiger partial charge on any atom is -0.326 e. The maximum atomic E-state index is 12.5. The molecule has 0 saturated carbocycles. The first-order valence-electron chi connectivity index (χ1n) is 9.06. The van der Waals surface area contributed by atoms with Crippen LogP contribution < -0.4 is 10.6 Å². The second-order valence-corrected chi connectivity index (χ2v) is 6.73. The molecule has 4 amide bonds. The van der Waals surface area contributed by atoms with Crippen molar-refractivity contribution in [3.8, 4) is 0 Å². The molecular weight excluding hydrogens is 376 g/mol. The summed E-state index contributed by atoms with van der Waals surface area (Å²) in [4.78, 5) is 48.4. The average Bonchev–Trinajstić information content (AvgIpc) is 2.96. The number of para-hydroxylation sites is 1. The lowest BCUT2D eigenvalue weighted by atomic mass is 10.1. The van der Waals surface area contributed by atoms with E-state index in [2.05, 4.69) is 10.6 Å². The molecule has 0 radical (unpaired) electrons. The molecule has 1 heterocycles. The number of rotatable bonds is 7. The Bertz CT molecular complexity index is 961. The number of carbonyl (C=O) groups excluding carboxylic acids is 3. The van der Waals surface area contributed by atoms with E-state index in [9.17, 15) is 24.5 Å². The van der Waals surface area contributed by atoms with E-state index in [-0.39, 0.29) is 11.4 Å². The Labute approximate surface area is 166 Å². The molecule has 0 spiro atoms. The number of imide groups is 1. The summed E-state index contributed by atoms with van der Waals surface area (Å²) in [5.41, 5.74) is 1.34. The highest BCUT2D eigenvalue weighted by atomic mass is 16.6. The van der Waals surface area contributed by atoms with Crippen molar-refractivity contribution in [1.82, 2.24) is 10.2 Å². The zero-order valence-electron chi connectivity index (χ0n) is 15.8. The second kappa shape index (κ2) is 8.51. The molecule has 2 aromatic carbocycles. The van der Waals surface area contributed by atoms with E-state index in [0.717, 1.165) is 10.5 Å². The Hall–Kier alpha value is -3.75. The van der Waals surface area contributed by atoms with Gasteiger partial charge in [-0.05, 0) is 30.9 Å². The molecule has 29 heavy (non-hydrogen) atoms. The van der Waals surface area contributed by atoms with E-state index in [1.165, 1.54) is 12.1 Å². The number of nitrogens with zero attached hydrogens (tertiary/aromatic N) is 2. The molecule has 9 nitrogen and oxygen atoms in total. The highest BCUT2D eigenvalue weighted by molar-refractivity contribution is 6.08. The molecule has 0 aromatic heterocycles. The van der Waals surface area contributed by atoms with Crippen molar-refractivity contribution in [3.05, 3.63) is 69.8 Å². The van der Waals surface area contributed by atoms with Gasteiger partial charge in [0.25, 0.3) is 11.6 Å². The van der Waals surface area contributed by atoms with Crippen LogP contribution in [0.5, 0.6) is 0 Å². The monoisotopic (exact) mass is 396 g/mol. The molecule has 0 aliphatic carbocycles. The lowest BCUT2D eigenvalue weighted by Gasteiger charge is -2.14. The molecule has 9 heteroatoms. The number of anilines is 1. The number of nitrogens with one attached hydrogen (secondary N) is 2. The minimum absolute atomic E-state index is 0.0511. The third-order valence-corrected chi connectivity index (χ3v) is 4.69. The summed E-state index contributed by atoms with van der Waals surface area (Å²) < 4.78 is 0. The Kier molecular flexibility index (Phi) is 5.87. The lowest BCUT2D eigenvalue weighted by Crippen LogP contribution is -2.38. The third-order valence-electron chi connectivity index (χ3n) is 4.69. The lowest BCUT2D eigenvalue weighted by molar-refractivity contribution is -0.384. The molecule has 2 aromatic rings. The van der Waals surface area contributed by atoms with E-state index in [1.54, 1.807) is 13.0 Å². The number of urea groups is 1. The summed E-state index contributed by atoms with van der Waals surface area (Å²) in [5, 5.41) is 16.2. The van der Waals surface area contributed by atoms with Crippen LogP contribution in [-0.2, 0) is 16.0 Å². The van der Waals surface area contributed by atoms with Gasteiger partial charge in [-0.25, -0.2) is 4.79 Å². The summed E-state index contributed by atoms with van der Waals surface area (Å²) >= 11 is 0. The van der Waals surface area contributed by atoms with Gasteiger partial charge in [-0.15, -0.1) is 0 Å². The number of hydrogen-bond acceptors (Lipinski definition) is 5. The largest absolute Gasteiger partial charge is 0.326 e. The molecule has 1 fully saturated rings. The molecule has 3 rings (SSSR count). The van der Waals surface area contributed by atoms with Gasteiger partial charge in [-0.2, -0.15) is 0 Å². The molecule has 0 unspecified atom stereocenters. The second-order valence-electron chi connectivity index (χ2n) is 6.73. The van der Waals surface area contributed by atoms with E-state index in [4.69, 9.17) is 0 Å². The smallest absolute Gasteiger partial charge is 0.325 e. The number of benzene rings is 2. The van der Waals surface area contributed by atoms with Gasteiger partial charge in [0, 0.05) is 6.07 Å². The Morgan fingerprint density at radius 2 is 1.90 bits per heavy atom. The Morgan fingerprint density at radius 1 is 1.17 bits per heavy atom. The maximum Gasteiger partial charge on any atom is 0.325 e. The van der Waals surface area contributed by atoms with Crippen LogP contribution >= 0.6 is 0 Å². The quantitative estimate of drug-likeness (QED) is 0.423. The van der Waals surface area contributed by atoms with Gasteiger partial charge < -0.3 is 10.6 Å². The molecule has 1 aliphatic rings. The molecular formula is C20H20N4O5. The van der Waals surface area contributed by atoms with Crippen LogP contribution in [0.3, 0.4) is 0 Å². The van der Waals surface area contributed by atoms with Gasteiger partial charge in [0.15, 0.2) is 0 Å². The van der Waals surface area contributed by atoms with Crippen molar-refractivity contribution in [2.75, 3.05) is 11.9 Å². The summed E-state index contributed by atoms with van der Waals surface area (Å²) in [6.07, 6.45) is 1.02. The first-order chi connectivity index (χ1) is 13.9. The molecule has 150 valence electrons. The summed E-state index contributed by atoms with van der Waals surface area (Å²) in [5.74, 6) is -1.17. The van der Waals surface area contributed by atoms with Crippen molar-refractivity contribution in [2.45, 2.75) is 25.8 Å². The van der Waals surface area contributed by atoms with E-state index in [1.807, 2.05) is 30.3 Å². The van der Waals surface area contributed by atoms with E-state index in [0.29, 0.717) is 18.4 Å². The van der Waals surface area contributed by atoms with Crippen LogP contribution in [0.1, 0.15) is 17.5 Å². The van der Waals surface area contributed by atoms with Gasteiger partial charge in [-0.1, -0.05) is 42.5 Å².